The Morgan fingerprint density at radius 2 is 2.19 bits per heavy atom. The summed E-state index contributed by atoms with van der Waals surface area (Å²) in [6.45, 7) is 2.39. The average molecular weight is 222 g/mol. The first-order valence-electron chi connectivity index (χ1n) is 5.23. The van der Waals surface area contributed by atoms with Crippen LogP contribution in [0.3, 0.4) is 0 Å². The van der Waals surface area contributed by atoms with E-state index in [1.54, 1.807) is 4.57 Å². The summed E-state index contributed by atoms with van der Waals surface area (Å²) in [5.41, 5.74) is 2.34. The topological polar surface area (TPSA) is 37.2 Å². The van der Waals surface area contributed by atoms with Gasteiger partial charge in [0, 0.05) is 25.2 Å². The van der Waals surface area contributed by atoms with Crippen LogP contribution in [0, 0.1) is 12.7 Å². The number of benzene rings is 1. The zero-order chi connectivity index (χ0) is 11.7. The Hall–Kier alpha value is -1.55. The lowest BCUT2D eigenvalue weighted by molar-refractivity contribution is 0.311. The normalized spacial score (nSPS) is 11.0. The molecule has 16 heavy (non-hydrogen) atoms. The van der Waals surface area contributed by atoms with Crippen molar-refractivity contribution >= 4 is 16.6 Å². The maximum absolute atomic E-state index is 13.7. The molecule has 0 aliphatic carbocycles. The molecule has 3 nitrogen and oxygen atoms in total. The Bertz CT molecular complexity index is 519. The van der Waals surface area contributed by atoms with E-state index < -0.39 is 0 Å². The lowest BCUT2D eigenvalue weighted by Gasteiger charge is -2.03. The van der Waals surface area contributed by atoms with Crippen molar-refractivity contribution in [3.8, 4) is 0 Å². The highest BCUT2D eigenvalue weighted by atomic mass is 19.1. The number of aryl methyl sites for hydroxylation is 2. The Morgan fingerprint density at radius 3 is 2.88 bits per heavy atom. The Balaban J connectivity index is 2.59. The summed E-state index contributed by atoms with van der Waals surface area (Å²) in [5.74, 6) is -0.213. The molecular formula is C12H15FN2O. The van der Waals surface area contributed by atoms with Gasteiger partial charge in [-0.1, -0.05) is 0 Å². The molecule has 0 saturated carbocycles. The van der Waals surface area contributed by atoms with E-state index >= 15 is 0 Å². The smallest absolute Gasteiger partial charge is 0.147 e. The van der Waals surface area contributed by atoms with Crippen LogP contribution in [0.25, 0.3) is 10.9 Å². The average Bonchev–Trinajstić information content (AvgIpc) is 2.52. The van der Waals surface area contributed by atoms with Crippen molar-refractivity contribution in [2.45, 2.75) is 6.92 Å². The minimum atomic E-state index is -0.213. The van der Waals surface area contributed by atoms with Crippen LogP contribution in [-0.2, 0) is 7.05 Å². The van der Waals surface area contributed by atoms with E-state index in [1.807, 2.05) is 26.2 Å². The van der Waals surface area contributed by atoms with Crippen LogP contribution in [0.4, 0.5) is 10.1 Å². The van der Waals surface area contributed by atoms with Gasteiger partial charge < -0.3 is 15.0 Å². The third-order valence-electron chi connectivity index (χ3n) is 2.60. The number of hydrogen-bond donors (Lipinski definition) is 2. The fraction of sp³-hybridized carbons (Fsp3) is 0.333. The molecule has 0 aliphatic rings. The number of aliphatic hydroxyl groups is 1. The molecule has 1 aromatic heterocycles. The van der Waals surface area contributed by atoms with Gasteiger partial charge in [0.1, 0.15) is 5.82 Å². The van der Waals surface area contributed by atoms with E-state index in [4.69, 9.17) is 5.11 Å². The number of aromatic nitrogens is 1. The summed E-state index contributed by atoms with van der Waals surface area (Å²) in [5, 5.41) is 12.7. The number of aliphatic hydroxyl groups excluding tert-OH is 1. The molecule has 2 aromatic rings. The standard InChI is InChI=1S/C12H15FN2O/c1-8-5-9-11(14-3-4-16)7-15(2)12(9)10(13)6-8/h5-7,14,16H,3-4H2,1-2H3. The van der Waals surface area contributed by atoms with Crippen molar-refractivity contribution in [2.75, 3.05) is 18.5 Å². The SMILES string of the molecule is Cc1cc(F)c2c(c1)c(NCCO)cn2C. The summed E-state index contributed by atoms with van der Waals surface area (Å²) in [6, 6.07) is 3.47. The van der Waals surface area contributed by atoms with Crippen LogP contribution in [0.15, 0.2) is 18.3 Å². The molecule has 0 spiro atoms. The highest BCUT2D eigenvalue weighted by Gasteiger charge is 2.10. The maximum atomic E-state index is 13.7. The highest BCUT2D eigenvalue weighted by Crippen LogP contribution is 2.28. The van der Waals surface area contributed by atoms with Crippen LogP contribution in [0.2, 0.25) is 0 Å². The number of halogens is 1. The monoisotopic (exact) mass is 222 g/mol. The molecule has 1 aromatic carbocycles. The van der Waals surface area contributed by atoms with E-state index in [2.05, 4.69) is 5.32 Å². The van der Waals surface area contributed by atoms with Crippen molar-refractivity contribution in [1.82, 2.24) is 4.57 Å². The van der Waals surface area contributed by atoms with Gasteiger partial charge in [-0.3, -0.25) is 0 Å². The number of nitrogens with one attached hydrogen (secondary N) is 1. The molecule has 2 N–H and O–H groups in total. The third-order valence-corrected chi connectivity index (χ3v) is 2.60. The predicted molar refractivity (Wildman–Crippen MR) is 63.2 cm³/mol. The highest BCUT2D eigenvalue weighted by molar-refractivity contribution is 5.93. The van der Waals surface area contributed by atoms with E-state index in [1.165, 1.54) is 6.07 Å². The number of hydrogen-bond acceptors (Lipinski definition) is 2. The quantitative estimate of drug-likeness (QED) is 0.833. The van der Waals surface area contributed by atoms with Gasteiger partial charge in [-0.25, -0.2) is 4.39 Å². The molecule has 1 heterocycles. The van der Waals surface area contributed by atoms with Crippen LogP contribution in [0.1, 0.15) is 5.56 Å². The lowest BCUT2D eigenvalue weighted by atomic mass is 10.1. The molecular weight excluding hydrogens is 207 g/mol. The lowest BCUT2D eigenvalue weighted by Crippen LogP contribution is -2.04. The van der Waals surface area contributed by atoms with Gasteiger partial charge in [0.25, 0.3) is 0 Å². The van der Waals surface area contributed by atoms with Gasteiger partial charge in [0.15, 0.2) is 0 Å². The number of nitrogens with zero attached hydrogens (tertiary/aromatic N) is 1. The summed E-state index contributed by atoms with van der Waals surface area (Å²) in [7, 11) is 1.81. The summed E-state index contributed by atoms with van der Waals surface area (Å²) in [4.78, 5) is 0. The first kappa shape index (κ1) is 11.0. The number of anilines is 1. The first-order valence-corrected chi connectivity index (χ1v) is 5.23. The molecule has 0 aliphatic heterocycles. The van der Waals surface area contributed by atoms with Gasteiger partial charge in [0.2, 0.25) is 0 Å². The van der Waals surface area contributed by atoms with Crippen LogP contribution in [0.5, 0.6) is 0 Å². The molecule has 86 valence electrons. The summed E-state index contributed by atoms with van der Waals surface area (Å²) < 4.78 is 15.5. The third kappa shape index (κ3) is 1.76. The molecule has 0 fully saturated rings. The van der Waals surface area contributed by atoms with Crippen LogP contribution in [-0.4, -0.2) is 22.8 Å². The molecule has 0 unspecified atom stereocenters. The Labute approximate surface area is 93.5 Å². The zero-order valence-electron chi connectivity index (χ0n) is 9.42. The molecule has 4 heteroatoms. The van der Waals surface area contributed by atoms with Crippen LogP contribution >= 0.6 is 0 Å². The van der Waals surface area contributed by atoms with Crippen molar-refractivity contribution < 1.29 is 9.50 Å². The van der Waals surface area contributed by atoms with Gasteiger partial charge >= 0.3 is 0 Å². The fourth-order valence-electron chi connectivity index (χ4n) is 1.96. The van der Waals surface area contributed by atoms with Crippen molar-refractivity contribution in [1.29, 1.82) is 0 Å². The number of fused-ring (bicyclic) bond motifs is 1. The second-order valence-electron chi connectivity index (χ2n) is 3.95. The Kier molecular flexibility index (Phi) is 2.83. The van der Waals surface area contributed by atoms with Crippen molar-refractivity contribution in [2.24, 2.45) is 7.05 Å². The molecule has 2 rings (SSSR count). The second kappa shape index (κ2) is 4.14. The van der Waals surface area contributed by atoms with E-state index in [0.29, 0.717) is 12.1 Å². The summed E-state index contributed by atoms with van der Waals surface area (Å²) >= 11 is 0. The largest absolute Gasteiger partial charge is 0.395 e. The van der Waals surface area contributed by atoms with Crippen LogP contribution < -0.4 is 5.32 Å². The Morgan fingerprint density at radius 1 is 1.44 bits per heavy atom. The van der Waals surface area contributed by atoms with Crippen molar-refractivity contribution in [3.05, 3.63) is 29.7 Å². The van der Waals surface area contributed by atoms with E-state index in [0.717, 1.165) is 16.6 Å². The molecule has 0 amide bonds. The van der Waals surface area contributed by atoms with Gasteiger partial charge in [-0.2, -0.15) is 0 Å². The second-order valence-corrected chi connectivity index (χ2v) is 3.95. The predicted octanol–water partition coefficient (Wildman–Crippen LogP) is 2.03. The van der Waals surface area contributed by atoms with Gasteiger partial charge in [0.05, 0.1) is 17.8 Å². The number of rotatable bonds is 3. The van der Waals surface area contributed by atoms with Gasteiger partial charge in [-0.15, -0.1) is 0 Å². The zero-order valence-corrected chi connectivity index (χ0v) is 9.42. The summed E-state index contributed by atoms with van der Waals surface area (Å²) in [6.07, 6.45) is 1.84. The van der Waals surface area contributed by atoms with Crippen molar-refractivity contribution in [3.63, 3.8) is 0 Å². The molecule has 0 atom stereocenters. The fourth-order valence-corrected chi connectivity index (χ4v) is 1.96. The molecule has 0 radical (unpaired) electrons. The van der Waals surface area contributed by atoms with Gasteiger partial charge in [-0.05, 0) is 24.6 Å². The molecule has 0 bridgehead atoms. The van der Waals surface area contributed by atoms with E-state index in [-0.39, 0.29) is 12.4 Å². The first-order chi connectivity index (χ1) is 7.63. The minimum Gasteiger partial charge on any atom is -0.395 e. The maximum Gasteiger partial charge on any atom is 0.147 e. The minimum absolute atomic E-state index is 0.0602. The molecule has 0 saturated heterocycles. The van der Waals surface area contributed by atoms with E-state index in [9.17, 15) is 4.39 Å².